The minimum Gasteiger partial charge on any atom is -0.311 e. The minimum absolute atomic E-state index is 0. The monoisotopic (exact) mass is 283 g/mol. The molecule has 0 aromatic heterocycles. The SMILES string of the molecule is CCCCNC(C)(C)Cc1ccc(C(C)=O)cc1.Cl. The molecule has 1 N–H and O–H groups in total. The van der Waals surface area contributed by atoms with Crippen molar-refractivity contribution in [1.82, 2.24) is 5.32 Å². The van der Waals surface area contributed by atoms with Gasteiger partial charge in [-0.1, -0.05) is 37.6 Å². The Labute approximate surface area is 123 Å². The fourth-order valence-electron chi connectivity index (χ4n) is 2.03. The van der Waals surface area contributed by atoms with E-state index in [-0.39, 0.29) is 23.7 Å². The number of nitrogens with one attached hydrogen (secondary N) is 1. The highest BCUT2D eigenvalue weighted by Crippen LogP contribution is 2.14. The highest BCUT2D eigenvalue weighted by atomic mass is 35.5. The summed E-state index contributed by atoms with van der Waals surface area (Å²) in [5, 5.41) is 3.58. The summed E-state index contributed by atoms with van der Waals surface area (Å²) >= 11 is 0. The third-order valence-electron chi connectivity index (χ3n) is 3.14. The summed E-state index contributed by atoms with van der Waals surface area (Å²) in [6, 6.07) is 7.94. The first-order chi connectivity index (χ1) is 8.44. The standard InChI is InChI=1S/C16H25NO.ClH/c1-5-6-11-17-16(3,4)12-14-7-9-15(10-8-14)13(2)18;/h7-10,17H,5-6,11-12H2,1-4H3;1H. The molecule has 0 atom stereocenters. The van der Waals surface area contributed by atoms with Crippen molar-refractivity contribution in [2.75, 3.05) is 6.54 Å². The lowest BCUT2D eigenvalue weighted by atomic mass is 9.94. The third kappa shape index (κ3) is 6.74. The lowest BCUT2D eigenvalue weighted by Gasteiger charge is -2.26. The molecule has 0 radical (unpaired) electrons. The third-order valence-corrected chi connectivity index (χ3v) is 3.14. The largest absolute Gasteiger partial charge is 0.311 e. The normalized spacial score (nSPS) is 10.9. The molecule has 0 amide bonds. The molecular weight excluding hydrogens is 258 g/mol. The van der Waals surface area contributed by atoms with Gasteiger partial charge in [-0.3, -0.25) is 4.79 Å². The van der Waals surface area contributed by atoms with Crippen molar-refractivity contribution in [3.05, 3.63) is 35.4 Å². The Kier molecular flexibility index (Phi) is 7.96. The number of carbonyl (C=O) groups excluding carboxylic acids is 1. The first kappa shape index (κ1) is 18.1. The van der Waals surface area contributed by atoms with E-state index in [0.717, 1.165) is 18.5 Å². The molecule has 0 saturated heterocycles. The lowest BCUT2D eigenvalue weighted by molar-refractivity contribution is 0.101. The van der Waals surface area contributed by atoms with E-state index < -0.39 is 0 Å². The summed E-state index contributed by atoms with van der Waals surface area (Å²) in [6.07, 6.45) is 3.41. The van der Waals surface area contributed by atoms with Crippen LogP contribution in [0, 0.1) is 0 Å². The van der Waals surface area contributed by atoms with Gasteiger partial charge in [-0.05, 0) is 45.7 Å². The van der Waals surface area contributed by atoms with Gasteiger partial charge in [0, 0.05) is 11.1 Å². The highest BCUT2D eigenvalue weighted by molar-refractivity contribution is 5.94. The number of carbonyl (C=O) groups is 1. The van der Waals surface area contributed by atoms with Crippen LogP contribution in [-0.2, 0) is 6.42 Å². The maximum atomic E-state index is 11.2. The van der Waals surface area contributed by atoms with Gasteiger partial charge in [-0.25, -0.2) is 0 Å². The molecule has 0 bridgehead atoms. The van der Waals surface area contributed by atoms with Gasteiger partial charge in [0.25, 0.3) is 0 Å². The zero-order chi connectivity index (χ0) is 13.6. The van der Waals surface area contributed by atoms with Crippen LogP contribution in [-0.4, -0.2) is 17.9 Å². The highest BCUT2D eigenvalue weighted by Gasteiger charge is 2.17. The lowest BCUT2D eigenvalue weighted by Crippen LogP contribution is -2.41. The Morgan fingerprint density at radius 1 is 1.21 bits per heavy atom. The molecule has 1 aromatic carbocycles. The Morgan fingerprint density at radius 3 is 2.26 bits per heavy atom. The molecule has 19 heavy (non-hydrogen) atoms. The summed E-state index contributed by atoms with van der Waals surface area (Å²) < 4.78 is 0. The van der Waals surface area contributed by atoms with Crippen LogP contribution < -0.4 is 5.32 Å². The summed E-state index contributed by atoms with van der Waals surface area (Å²) in [6.45, 7) is 9.32. The summed E-state index contributed by atoms with van der Waals surface area (Å²) in [5.41, 5.74) is 2.16. The molecule has 0 saturated carbocycles. The predicted molar refractivity (Wildman–Crippen MR) is 84.4 cm³/mol. The Hall–Kier alpha value is -0.860. The van der Waals surface area contributed by atoms with Crippen molar-refractivity contribution < 1.29 is 4.79 Å². The topological polar surface area (TPSA) is 29.1 Å². The van der Waals surface area contributed by atoms with E-state index in [0.29, 0.717) is 0 Å². The summed E-state index contributed by atoms with van der Waals surface area (Å²) in [7, 11) is 0. The van der Waals surface area contributed by atoms with Crippen molar-refractivity contribution in [3.8, 4) is 0 Å². The average Bonchev–Trinajstić information content (AvgIpc) is 2.29. The molecular formula is C16H26ClNO. The number of Topliss-reactive ketones (excluding diaryl/α,β-unsaturated/α-hetero) is 1. The van der Waals surface area contributed by atoms with E-state index in [4.69, 9.17) is 0 Å². The van der Waals surface area contributed by atoms with Crippen LogP contribution in [0.2, 0.25) is 0 Å². The van der Waals surface area contributed by atoms with Crippen LogP contribution in [0.3, 0.4) is 0 Å². The number of hydrogen-bond donors (Lipinski definition) is 1. The number of rotatable bonds is 7. The van der Waals surface area contributed by atoms with E-state index in [9.17, 15) is 4.79 Å². The van der Waals surface area contributed by atoms with Crippen LogP contribution in [0.25, 0.3) is 0 Å². The number of benzene rings is 1. The molecule has 3 heteroatoms. The zero-order valence-electron chi connectivity index (χ0n) is 12.5. The van der Waals surface area contributed by atoms with Crippen LogP contribution in [0.1, 0.15) is 56.5 Å². The summed E-state index contributed by atoms with van der Waals surface area (Å²) in [4.78, 5) is 11.2. The van der Waals surface area contributed by atoms with Gasteiger partial charge >= 0.3 is 0 Å². The molecule has 1 rings (SSSR count). The molecule has 0 heterocycles. The van der Waals surface area contributed by atoms with E-state index >= 15 is 0 Å². The van der Waals surface area contributed by atoms with Gasteiger partial charge in [-0.2, -0.15) is 0 Å². The molecule has 0 aliphatic heterocycles. The zero-order valence-corrected chi connectivity index (χ0v) is 13.3. The second-order valence-corrected chi connectivity index (χ2v) is 5.59. The molecule has 0 aliphatic carbocycles. The van der Waals surface area contributed by atoms with E-state index in [2.05, 4.69) is 38.2 Å². The molecule has 0 spiro atoms. The van der Waals surface area contributed by atoms with Crippen LogP contribution in [0.4, 0.5) is 0 Å². The number of hydrogen-bond acceptors (Lipinski definition) is 2. The van der Waals surface area contributed by atoms with Crippen molar-refractivity contribution in [2.45, 2.75) is 52.5 Å². The summed E-state index contributed by atoms with van der Waals surface area (Å²) in [5.74, 6) is 0.127. The molecule has 0 aliphatic rings. The van der Waals surface area contributed by atoms with Crippen LogP contribution in [0.5, 0.6) is 0 Å². The molecule has 2 nitrogen and oxygen atoms in total. The van der Waals surface area contributed by atoms with Gasteiger partial charge in [-0.15, -0.1) is 12.4 Å². The molecule has 108 valence electrons. The predicted octanol–water partition coefficient (Wildman–Crippen LogP) is 4.02. The molecule has 1 aromatic rings. The smallest absolute Gasteiger partial charge is 0.159 e. The fourth-order valence-corrected chi connectivity index (χ4v) is 2.03. The van der Waals surface area contributed by atoms with Gasteiger partial charge < -0.3 is 5.32 Å². The quantitative estimate of drug-likeness (QED) is 0.605. The van der Waals surface area contributed by atoms with Gasteiger partial charge in [0.2, 0.25) is 0 Å². The Morgan fingerprint density at radius 2 is 1.79 bits per heavy atom. The van der Waals surface area contributed by atoms with Gasteiger partial charge in [0.15, 0.2) is 5.78 Å². The Balaban J connectivity index is 0.00000324. The van der Waals surface area contributed by atoms with E-state index in [1.165, 1.54) is 18.4 Å². The number of halogens is 1. The van der Waals surface area contributed by atoms with Gasteiger partial charge in [0.1, 0.15) is 0 Å². The average molecular weight is 284 g/mol. The first-order valence-corrected chi connectivity index (χ1v) is 6.79. The first-order valence-electron chi connectivity index (χ1n) is 6.79. The fraction of sp³-hybridized carbons (Fsp3) is 0.562. The number of unbranched alkanes of at least 4 members (excludes halogenated alkanes) is 1. The van der Waals surface area contributed by atoms with Crippen molar-refractivity contribution in [3.63, 3.8) is 0 Å². The molecule has 0 unspecified atom stereocenters. The minimum atomic E-state index is 0. The maximum absolute atomic E-state index is 11.2. The Bertz CT molecular complexity index is 384. The van der Waals surface area contributed by atoms with Crippen LogP contribution >= 0.6 is 12.4 Å². The second kappa shape index (κ2) is 8.34. The van der Waals surface area contributed by atoms with E-state index in [1.807, 2.05) is 12.1 Å². The maximum Gasteiger partial charge on any atom is 0.159 e. The van der Waals surface area contributed by atoms with Crippen molar-refractivity contribution in [2.24, 2.45) is 0 Å². The van der Waals surface area contributed by atoms with E-state index in [1.54, 1.807) is 6.92 Å². The van der Waals surface area contributed by atoms with Crippen molar-refractivity contribution >= 4 is 18.2 Å². The second-order valence-electron chi connectivity index (χ2n) is 5.59. The van der Waals surface area contributed by atoms with Gasteiger partial charge in [0.05, 0.1) is 0 Å². The van der Waals surface area contributed by atoms with Crippen molar-refractivity contribution in [1.29, 1.82) is 0 Å². The number of ketones is 1. The molecule has 0 fully saturated rings. The van der Waals surface area contributed by atoms with Crippen LogP contribution in [0.15, 0.2) is 24.3 Å².